The summed E-state index contributed by atoms with van der Waals surface area (Å²) in [5.74, 6) is 1.35. The van der Waals surface area contributed by atoms with Crippen LogP contribution in [-0.4, -0.2) is 41.4 Å². The van der Waals surface area contributed by atoms with Crippen LogP contribution < -0.4 is 5.32 Å². The van der Waals surface area contributed by atoms with Crippen LogP contribution in [0.1, 0.15) is 29.6 Å². The van der Waals surface area contributed by atoms with Crippen molar-refractivity contribution in [3.05, 3.63) is 29.4 Å². The van der Waals surface area contributed by atoms with E-state index in [0.717, 1.165) is 30.0 Å². The summed E-state index contributed by atoms with van der Waals surface area (Å²) in [4.78, 5) is 8.92. The minimum absolute atomic E-state index is 0.106. The lowest BCUT2D eigenvalue weighted by Crippen LogP contribution is -2.39. The van der Waals surface area contributed by atoms with E-state index in [9.17, 15) is 0 Å². The van der Waals surface area contributed by atoms with E-state index in [1.54, 1.807) is 0 Å². The number of nitrogens with zero attached hydrogens (tertiary/aromatic N) is 3. The van der Waals surface area contributed by atoms with Gasteiger partial charge in [0, 0.05) is 29.6 Å². The summed E-state index contributed by atoms with van der Waals surface area (Å²) in [7, 11) is 1.95. The molecule has 0 radical (unpaired) electrons. The molecule has 3 heterocycles. The van der Waals surface area contributed by atoms with Gasteiger partial charge in [-0.05, 0) is 39.4 Å². The number of aromatic nitrogens is 3. The van der Waals surface area contributed by atoms with Crippen molar-refractivity contribution in [2.45, 2.75) is 32.2 Å². The van der Waals surface area contributed by atoms with Gasteiger partial charge in [-0.15, -0.1) is 0 Å². The Bertz CT molecular complexity index is 606. The molecule has 1 N–H and O–H groups in total. The summed E-state index contributed by atoms with van der Waals surface area (Å²) in [5.41, 5.74) is 2.84. The molecule has 3 rings (SSSR count). The zero-order valence-corrected chi connectivity index (χ0v) is 12.6. The lowest BCUT2D eigenvalue weighted by molar-refractivity contribution is 0.0516. The third-order valence-electron chi connectivity index (χ3n) is 3.83. The van der Waals surface area contributed by atoms with Crippen LogP contribution in [0, 0.1) is 13.8 Å². The number of likely N-dealkylation sites (N-methyl/N-ethyl adjacent to an activating group) is 1. The van der Waals surface area contributed by atoms with Crippen molar-refractivity contribution in [2.24, 2.45) is 0 Å². The number of hydrogen-bond acceptors (Lipinski definition) is 6. The fourth-order valence-electron chi connectivity index (χ4n) is 2.79. The number of aryl methyl sites for hydroxylation is 2. The third-order valence-corrected chi connectivity index (χ3v) is 3.83. The Morgan fingerprint density at radius 3 is 2.67 bits per heavy atom. The van der Waals surface area contributed by atoms with Crippen molar-refractivity contribution >= 4 is 0 Å². The van der Waals surface area contributed by atoms with E-state index in [0.29, 0.717) is 24.4 Å². The molecule has 112 valence electrons. The molecule has 21 heavy (non-hydrogen) atoms. The van der Waals surface area contributed by atoms with E-state index >= 15 is 0 Å². The number of ether oxygens (including phenoxy) is 1. The highest BCUT2D eigenvalue weighted by Gasteiger charge is 2.30. The van der Waals surface area contributed by atoms with Crippen molar-refractivity contribution in [3.63, 3.8) is 0 Å². The normalized spacial score (nSPS) is 22.4. The summed E-state index contributed by atoms with van der Waals surface area (Å²) in [6.45, 7) is 5.31. The largest absolute Gasteiger partial charge is 0.381 e. The first kappa shape index (κ1) is 14.2. The Kier molecular flexibility index (Phi) is 3.98. The smallest absolute Gasteiger partial charge is 0.233 e. The van der Waals surface area contributed by atoms with Crippen LogP contribution in [0.5, 0.6) is 0 Å². The van der Waals surface area contributed by atoms with E-state index in [4.69, 9.17) is 9.26 Å². The van der Waals surface area contributed by atoms with Crippen molar-refractivity contribution < 1.29 is 9.26 Å². The van der Waals surface area contributed by atoms with Crippen molar-refractivity contribution in [3.8, 4) is 11.4 Å². The summed E-state index contributed by atoms with van der Waals surface area (Å²) in [6.07, 6.45) is 0.951. The molecule has 2 aromatic heterocycles. The molecule has 2 unspecified atom stereocenters. The Labute approximate surface area is 123 Å². The topological polar surface area (TPSA) is 73.1 Å². The zero-order valence-electron chi connectivity index (χ0n) is 12.6. The van der Waals surface area contributed by atoms with Crippen molar-refractivity contribution in [1.82, 2.24) is 20.4 Å². The Morgan fingerprint density at radius 2 is 1.95 bits per heavy atom. The minimum Gasteiger partial charge on any atom is -0.381 e. The van der Waals surface area contributed by atoms with Crippen LogP contribution >= 0.6 is 0 Å². The maximum Gasteiger partial charge on any atom is 0.233 e. The summed E-state index contributed by atoms with van der Waals surface area (Å²) in [5, 5.41) is 7.42. The Balaban J connectivity index is 1.88. The average molecular weight is 288 g/mol. The molecule has 0 saturated carbocycles. The highest BCUT2D eigenvalue weighted by molar-refractivity contribution is 5.55. The number of nitrogens with one attached hydrogen (secondary N) is 1. The molecule has 6 heteroatoms. The first-order chi connectivity index (χ1) is 10.2. The van der Waals surface area contributed by atoms with Gasteiger partial charge in [-0.2, -0.15) is 4.98 Å². The molecule has 0 spiro atoms. The first-order valence-electron chi connectivity index (χ1n) is 7.21. The molecule has 1 aliphatic heterocycles. The third kappa shape index (κ3) is 2.96. The maximum atomic E-state index is 5.54. The second kappa shape index (κ2) is 5.91. The molecule has 1 saturated heterocycles. The molecule has 0 aliphatic carbocycles. The zero-order chi connectivity index (χ0) is 14.8. The highest BCUT2D eigenvalue weighted by Crippen LogP contribution is 2.27. The van der Waals surface area contributed by atoms with Crippen LogP contribution in [0.15, 0.2) is 16.7 Å². The Morgan fingerprint density at radius 1 is 1.19 bits per heavy atom. The van der Waals surface area contributed by atoms with Gasteiger partial charge in [-0.3, -0.25) is 4.98 Å². The van der Waals surface area contributed by atoms with Crippen molar-refractivity contribution in [1.29, 1.82) is 0 Å². The van der Waals surface area contributed by atoms with Crippen LogP contribution in [0.4, 0.5) is 0 Å². The molecule has 0 bridgehead atoms. The lowest BCUT2D eigenvalue weighted by Gasteiger charge is -2.28. The standard InChI is InChI=1S/C15H20N4O2/c1-9-6-11(7-10(2)17-9)14-18-15(21-19-14)12-8-20-5-4-13(12)16-3/h6-7,12-13,16H,4-5,8H2,1-3H3. The lowest BCUT2D eigenvalue weighted by atomic mass is 9.96. The van der Waals surface area contributed by atoms with Gasteiger partial charge in [0.2, 0.25) is 11.7 Å². The number of pyridine rings is 1. The van der Waals surface area contributed by atoms with Gasteiger partial charge >= 0.3 is 0 Å². The summed E-state index contributed by atoms with van der Waals surface area (Å²) in [6, 6.07) is 4.25. The molecule has 0 amide bonds. The predicted molar refractivity (Wildman–Crippen MR) is 78.0 cm³/mol. The quantitative estimate of drug-likeness (QED) is 0.929. The molecule has 1 fully saturated rings. The monoisotopic (exact) mass is 288 g/mol. The number of rotatable bonds is 3. The predicted octanol–water partition coefficient (Wildman–Crippen LogP) is 1.84. The fraction of sp³-hybridized carbons (Fsp3) is 0.533. The SMILES string of the molecule is CNC1CCOCC1c1nc(-c2cc(C)nc(C)c2)no1. The summed E-state index contributed by atoms with van der Waals surface area (Å²) < 4.78 is 11.0. The molecule has 2 atom stereocenters. The van der Waals surface area contributed by atoms with Crippen LogP contribution in [-0.2, 0) is 4.74 Å². The van der Waals surface area contributed by atoms with E-state index in [2.05, 4.69) is 20.4 Å². The highest BCUT2D eigenvalue weighted by atomic mass is 16.5. The molecular formula is C15H20N4O2. The minimum atomic E-state index is 0.106. The first-order valence-corrected chi connectivity index (χ1v) is 7.21. The van der Waals surface area contributed by atoms with Crippen LogP contribution in [0.25, 0.3) is 11.4 Å². The molecule has 2 aromatic rings. The molecule has 6 nitrogen and oxygen atoms in total. The van der Waals surface area contributed by atoms with Gasteiger partial charge in [0.25, 0.3) is 0 Å². The second-order valence-electron chi connectivity index (χ2n) is 5.46. The van der Waals surface area contributed by atoms with Gasteiger partial charge in [0.1, 0.15) is 0 Å². The second-order valence-corrected chi connectivity index (χ2v) is 5.46. The molecular weight excluding hydrogens is 268 g/mol. The van der Waals surface area contributed by atoms with Crippen LogP contribution in [0.2, 0.25) is 0 Å². The Hall–Kier alpha value is -1.79. The molecule has 1 aliphatic rings. The van der Waals surface area contributed by atoms with Gasteiger partial charge in [-0.1, -0.05) is 5.16 Å². The summed E-state index contributed by atoms with van der Waals surface area (Å²) >= 11 is 0. The van der Waals surface area contributed by atoms with Gasteiger partial charge < -0.3 is 14.6 Å². The maximum absolute atomic E-state index is 5.54. The average Bonchev–Trinajstić information content (AvgIpc) is 2.96. The van der Waals surface area contributed by atoms with E-state index < -0.39 is 0 Å². The van der Waals surface area contributed by atoms with Gasteiger partial charge in [0.05, 0.1) is 12.5 Å². The van der Waals surface area contributed by atoms with E-state index in [-0.39, 0.29) is 5.92 Å². The number of hydrogen-bond donors (Lipinski definition) is 1. The van der Waals surface area contributed by atoms with E-state index in [1.165, 1.54) is 0 Å². The molecule has 0 aromatic carbocycles. The van der Waals surface area contributed by atoms with E-state index in [1.807, 2.05) is 33.0 Å². The van der Waals surface area contributed by atoms with Gasteiger partial charge in [0.15, 0.2) is 0 Å². The fourth-order valence-corrected chi connectivity index (χ4v) is 2.79. The van der Waals surface area contributed by atoms with Gasteiger partial charge in [-0.25, -0.2) is 0 Å². The van der Waals surface area contributed by atoms with Crippen LogP contribution in [0.3, 0.4) is 0 Å². The van der Waals surface area contributed by atoms with Crippen molar-refractivity contribution in [2.75, 3.05) is 20.3 Å².